The predicted molar refractivity (Wildman–Crippen MR) is 53.7 cm³/mol. The third kappa shape index (κ3) is 2.46. The molecule has 0 aliphatic carbocycles. The molecule has 1 unspecified atom stereocenters. The van der Waals surface area contributed by atoms with E-state index >= 15 is 0 Å². The summed E-state index contributed by atoms with van der Waals surface area (Å²) < 4.78 is 21.8. The Labute approximate surface area is 112 Å². The Balaban J connectivity index is 0.00000112. The van der Waals surface area contributed by atoms with Crippen molar-refractivity contribution in [2.24, 2.45) is 0 Å². The normalized spacial score (nSPS) is 12.1. The molecule has 15 heavy (non-hydrogen) atoms. The number of hydrogen-bond donors (Lipinski definition) is 0. The van der Waals surface area contributed by atoms with Crippen molar-refractivity contribution in [2.75, 3.05) is 0 Å². The van der Waals surface area contributed by atoms with E-state index in [0.29, 0.717) is 10.3 Å². The number of rotatable bonds is 1. The van der Waals surface area contributed by atoms with E-state index in [4.69, 9.17) is 0 Å². The van der Waals surface area contributed by atoms with Gasteiger partial charge < -0.3 is 4.55 Å². The molecule has 1 aromatic heterocycles. The largest absolute Gasteiger partial charge is 1.00 e. The average Bonchev–Trinajstić information content (AvgIpc) is 2.18. The van der Waals surface area contributed by atoms with Gasteiger partial charge in [-0.05, 0) is 35.7 Å². The Bertz CT molecular complexity index is 516. The van der Waals surface area contributed by atoms with Gasteiger partial charge in [-0.25, -0.2) is 0 Å². The first-order valence-electron chi connectivity index (χ1n) is 4.14. The van der Waals surface area contributed by atoms with Gasteiger partial charge in [0.05, 0.1) is 5.52 Å². The zero-order valence-corrected chi connectivity index (χ0v) is 11.4. The molecule has 0 amide bonds. The molecular weight excluding hydrogens is 221 g/mol. The van der Waals surface area contributed by atoms with Crippen molar-refractivity contribution in [3.05, 3.63) is 36.0 Å². The van der Waals surface area contributed by atoms with Crippen LogP contribution in [0.2, 0.25) is 0 Å². The van der Waals surface area contributed by atoms with Crippen LogP contribution in [0.3, 0.4) is 0 Å². The van der Waals surface area contributed by atoms with E-state index in [-0.39, 0.29) is 29.6 Å². The van der Waals surface area contributed by atoms with Crippen LogP contribution in [0.5, 0.6) is 0 Å². The molecule has 1 atom stereocenters. The second-order valence-corrected chi connectivity index (χ2v) is 3.92. The van der Waals surface area contributed by atoms with Crippen LogP contribution in [0.4, 0.5) is 0 Å². The van der Waals surface area contributed by atoms with Crippen molar-refractivity contribution in [1.82, 2.24) is 4.98 Å². The van der Waals surface area contributed by atoms with Gasteiger partial charge in [0, 0.05) is 16.5 Å². The van der Waals surface area contributed by atoms with Gasteiger partial charge in [-0.3, -0.25) is 9.19 Å². The first-order chi connectivity index (χ1) is 6.70. The Morgan fingerprint density at radius 3 is 2.73 bits per heavy atom. The van der Waals surface area contributed by atoms with E-state index in [2.05, 4.69) is 4.98 Å². The summed E-state index contributed by atoms with van der Waals surface area (Å²) in [7, 11) is 0. The molecule has 0 aliphatic rings. The van der Waals surface area contributed by atoms with Gasteiger partial charge in [-0.2, -0.15) is 0 Å². The van der Waals surface area contributed by atoms with Gasteiger partial charge in [-0.15, -0.1) is 0 Å². The van der Waals surface area contributed by atoms with Crippen molar-refractivity contribution in [2.45, 2.75) is 11.8 Å². The molecule has 0 fully saturated rings. The van der Waals surface area contributed by atoms with E-state index in [1.165, 1.54) is 0 Å². The molecule has 2 rings (SSSR count). The number of nitrogens with zero attached hydrogens (tertiary/aromatic N) is 1. The van der Waals surface area contributed by atoms with E-state index in [0.717, 1.165) is 11.1 Å². The fourth-order valence-corrected chi connectivity index (χ4v) is 1.96. The third-order valence-corrected chi connectivity index (χ3v) is 2.83. The number of benzene rings is 1. The quantitative estimate of drug-likeness (QED) is 0.455. The molecule has 1 heterocycles. The zero-order valence-electron chi connectivity index (χ0n) is 8.56. The van der Waals surface area contributed by atoms with Crippen molar-refractivity contribution in [1.29, 1.82) is 0 Å². The van der Waals surface area contributed by atoms with Crippen LogP contribution in [0.15, 0.2) is 35.4 Å². The van der Waals surface area contributed by atoms with E-state index in [1.54, 1.807) is 30.5 Å². The Hall–Kier alpha value is -0.260. The number of pyridine rings is 1. The number of aromatic nitrogens is 1. The summed E-state index contributed by atoms with van der Waals surface area (Å²) in [6.45, 7) is 1.91. The summed E-state index contributed by atoms with van der Waals surface area (Å²) in [5.41, 5.74) is 1.73. The van der Waals surface area contributed by atoms with E-state index < -0.39 is 11.1 Å². The molecule has 2 aromatic rings. The first kappa shape index (κ1) is 12.8. The molecule has 1 aromatic carbocycles. The SMILES string of the molecule is Cc1ccc(S(=O)[O-])c2cccnc12.[Na+]. The Kier molecular flexibility index (Phi) is 4.43. The van der Waals surface area contributed by atoms with Crippen molar-refractivity contribution >= 4 is 22.0 Å². The van der Waals surface area contributed by atoms with Crippen LogP contribution in [0, 0.1) is 6.92 Å². The summed E-state index contributed by atoms with van der Waals surface area (Å²) in [6, 6.07) is 6.86. The van der Waals surface area contributed by atoms with Crippen molar-refractivity contribution < 1.29 is 38.3 Å². The molecule has 0 radical (unpaired) electrons. The molecule has 0 saturated heterocycles. The fraction of sp³-hybridized carbons (Fsp3) is 0.100. The summed E-state index contributed by atoms with van der Waals surface area (Å²) in [5, 5.41) is 0.681. The van der Waals surface area contributed by atoms with Crippen LogP contribution in [-0.2, 0) is 11.1 Å². The van der Waals surface area contributed by atoms with Gasteiger partial charge in [0.2, 0.25) is 0 Å². The maximum Gasteiger partial charge on any atom is 1.00 e. The molecule has 0 aliphatic heterocycles. The molecule has 0 bridgehead atoms. The van der Waals surface area contributed by atoms with E-state index in [9.17, 15) is 8.76 Å². The minimum Gasteiger partial charge on any atom is -0.768 e. The molecule has 72 valence electrons. The van der Waals surface area contributed by atoms with Crippen molar-refractivity contribution in [3.8, 4) is 0 Å². The predicted octanol–water partition coefficient (Wildman–Crippen LogP) is -1.21. The Morgan fingerprint density at radius 1 is 1.33 bits per heavy atom. The minimum absolute atomic E-state index is 0. The van der Waals surface area contributed by atoms with E-state index in [1.807, 2.05) is 6.92 Å². The summed E-state index contributed by atoms with van der Waals surface area (Å²) in [5.74, 6) is 0. The van der Waals surface area contributed by atoms with Gasteiger partial charge >= 0.3 is 29.6 Å². The average molecular weight is 229 g/mol. The van der Waals surface area contributed by atoms with Crippen LogP contribution in [0.25, 0.3) is 10.9 Å². The molecule has 0 N–H and O–H groups in total. The smallest absolute Gasteiger partial charge is 0.768 e. The fourth-order valence-electron chi connectivity index (χ4n) is 1.43. The zero-order chi connectivity index (χ0) is 10.1. The summed E-state index contributed by atoms with van der Waals surface area (Å²) in [4.78, 5) is 4.45. The van der Waals surface area contributed by atoms with Gasteiger partial charge in [0.25, 0.3) is 0 Å². The van der Waals surface area contributed by atoms with Crippen LogP contribution < -0.4 is 29.6 Å². The number of hydrogen-bond acceptors (Lipinski definition) is 3. The topological polar surface area (TPSA) is 53.0 Å². The van der Waals surface area contributed by atoms with Crippen LogP contribution in [-0.4, -0.2) is 13.7 Å². The molecular formula is C10H8NNaO2S. The van der Waals surface area contributed by atoms with Gasteiger partial charge in [-0.1, -0.05) is 12.1 Å². The summed E-state index contributed by atoms with van der Waals surface area (Å²) >= 11 is -2.20. The number of aryl methyl sites for hydroxylation is 1. The van der Waals surface area contributed by atoms with Crippen molar-refractivity contribution in [3.63, 3.8) is 0 Å². The Morgan fingerprint density at radius 2 is 2.07 bits per heavy atom. The second kappa shape index (κ2) is 5.18. The first-order valence-corrected chi connectivity index (χ1v) is 5.21. The number of fused-ring (bicyclic) bond motifs is 1. The monoisotopic (exact) mass is 229 g/mol. The third-order valence-electron chi connectivity index (χ3n) is 2.11. The molecule has 0 spiro atoms. The molecule has 0 saturated carbocycles. The van der Waals surface area contributed by atoms with Crippen LogP contribution >= 0.6 is 0 Å². The van der Waals surface area contributed by atoms with Crippen LogP contribution in [0.1, 0.15) is 5.56 Å². The van der Waals surface area contributed by atoms with Gasteiger partial charge in [0.15, 0.2) is 0 Å². The van der Waals surface area contributed by atoms with Gasteiger partial charge in [0.1, 0.15) is 0 Å². The maximum absolute atomic E-state index is 10.9. The molecule has 5 heteroatoms. The minimum atomic E-state index is -2.20. The molecule has 3 nitrogen and oxygen atoms in total. The standard InChI is InChI=1S/C10H9NO2S.Na/c1-7-4-5-9(14(12)13)8-3-2-6-11-10(7)8;/h2-6H,1H3,(H,12,13);/q;+1/p-1. The second-order valence-electron chi connectivity index (χ2n) is 3.01. The maximum atomic E-state index is 10.9. The summed E-state index contributed by atoms with van der Waals surface area (Å²) in [6.07, 6.45) is 1.66.